The second-order valence-electron chi connectivity index (χ2n) is 4.43. The van der Waals surface area contributed by atoms with Gasteiger partial charge in [0.15, 0.2) is 5.84 Å². The number of benzene rings is 1. The Hall–Kier alpha value is -1.30. The van der Waals surface area contributed by atoms with Crippen LogP contribution in [0.15, 0.2) is 23.4 Å². The Morgan fingerprint density at radius 1 is 1.45 bits per heavy atom. The normalized spacial score (nSPS) is 11.8. The monoisotopic (exact) mass is 299 g/mol. The molecule has 0 saturated heterocycles. The lowest BCUT2D eigenvalue weighted by molar-refractivity contribution is 0.132. The SMILES string of the molecule is CCCOCCCNCc1ccc(/C(N)=N/O)cc1Cl. The zero-order chi connectivity index (χ0) is 14.8. The van der Waals surface area contributed by atoms with Crippen LogP contribution in [0.5, 0.6) is 0 Å². The summed E-state index contributed by atoms with van der Waals surface area (Å²) in [5.74, 6) is 0.0551. The lowest BCUT2D eigenvalue weighted by Gasteiger charge is -2.08. The summed E-state index contributed by atoms with van der Waals surface area (Å²) in [5, 5.41) is 15.5. The van der Waals surface area contributed by atoms with Crippen molar-refractivity contribution in [3.8, 4) is 0 Å². The fourth-order valence-electron chi connectivity index (χ4n) is 1.68. The fraction of sp³-hybridized carbons (Fsp3) is 0.500. The third-order valence-corrected chi connectivity index (χ3v) is 3.11. The van der Waals surface area contributed by atoms with Gasteiger partial charge in [-0.1, -0.05) is 35.8 Å². The van der Waals surface area contributed by atoms with E-state index in [2.05, 4.69) is 17.4 Å². The number of halogens is 1. The minimum atomic E-state index is 0.0551. The van der Waals surface area contributed by atoms with Crippen LogP contribution >= 0.6 is 11.6 Å². The van der Waals surface area contributed by atoms with E-state index in [1.54, 1.807) is 12.1 Å². The lowest BCUT2D eigenvalue weighted by atomic mass is 10.1. The molecule has 1 aromatic carbocycles. The summed E-state index contributed by atoms with van der Waals surface area (Å²) < 4.78 is 5.40. The fourth-order valence-corrected chi connectivity index (χ4v) is 1.92. The van der Waals surface area contributed by atoms with Gasteiger partial charge >= 0.3 is 0 Å². The van der Waals surface area contributed by atoms with Gasteiger partial charge in [0.2, 0.25) is 0 Å². The van der Waals surface area contributed by atoms with Crippen LogP contribution in [0.4, 0.5) is 0 Å². The number of oxime groups is 1. The Bertz CT molecular complexity index is 438. The molecule has 1 aromatic rings. The van der Waals surface area contributed by atoms with Crippen molar-refractivity contribution in [1.82, 2.24) is 5.32 Å². The van der Waals surface area contributed by atoms with Gasteiger partial charge in [-0.3, -0.25) is 0 Å². The van der Waals surface area contributed by atoms with Crippen LogP contribution in [0.2, 0.25) is 5.02 Å². The summed E-state index contributed by atoms with van der Waals surface area (Å²) in [6.45, 7) is 5.25. The second-order valence-corrected chi connectivity index (χ2v) is 4.84. The van der Waals surface area contributed by atoms with Gasteiger partial charge in [0, 0.05) is 30.3 Å². The molecular weight excluding hydrogens is 278 g/mol. The van der Waals surface area contributed by atoms with Crippen molar-refractivity contribution in [1.29, 1.82) is 0 Å². The molecule has 0 saturated carbocycles. The first-order chi connectivity index (χ1) is 9.69. The highest BCUT2D eigenvalue weighted by molar-refractivity contribution is 6.31. The van der Waals surface area contributed by atoms with Crippen LogP contribution < -0.4 is 11.1 Å². The Balaban J connectivity index is 2.34. The van der Waals surface area contributed by atoms with E-state index < -0.39 is 0 Å². The summed E-state index contributed by atoms with van der Waals surface area (Å²) in [5.41, 5.74) is 7.09. The first-order valence-electron chi connectivity index (χ1n) is 6.73. The highest BCUT2D eigenvalue weighted by atomic mass is 35.5. The molecule has 4 N–H and O–H groups in total. The molecule has 20 heavy (non-hydrogen) atoms. The summed E-state index contributed by atoms with van der Waals surface area (Å²) >= 11 is 6.15. The number of nitrogens with zero attached hydrogens (tertiary/aromatic N) is 1. The van der Waals surface area contributed by atoms with Crippen molar-refractivity contribution in [2.75, 3.05) is 19.8 Å². The van der Waals surface area contributed by atoms with Crippen LogP contribution in [-0.2, 0) is 11.3 Å². The molecule has 0 bridgehead atoms. The number of nitrogens with one attached hydrogen (secondary N) is 1. The van der Waals surface area contributed by atoms with E-state index in [-0.39, 0.29) is 5.84 Å². The molecule has 6 heteroatoms. The average molecular weight is 300 g/mol. The summed E-state index contributed by atoms with van der Waals surface area (Å²) in [7, 11) is 0. The molecule has 112 valence electrons. The van der Waals surface area contributed by atoms with Crippen molar-refractivity contribution in [3.63, 3.8) is 0 Å². The maximum atomic E-state index is 8.61. The molecule has 5 nitrogen and oxygen atoms in total. The molecule has 0 atom stereocenters. The number of nitrogens with two attached hydrogens (primary N) is 1. The molecule has 0 fully saturated rings. The minimum Gasteiger partial charge on any atom is -0.409 e. The molecule has 0 heterocycles. The topological polar surface area (TPSA) is 79.9 Å². The van der Waals surface area contributed by atoms with Crippen LogP contribution in [0.1, 0.15) is 30.9 Å². The quantitative estimate of drug-likeness (QED) is 0.215. The number of hydrogen-bond donors (Lipinski definition) is 3. The third-order valence-electron chi connectivity index (χ3n) is 2.76. The van der Waals surface area contributed by atoms with Crippen LogP contribution in [0, 0.1) is 0 Å². The van der Waals surface area contributed by atoms with Gasteiger partial charge in [-0.2, -0.15) is 0 Å². The van der Waals surface area contributed by atoms with E-state index in [9.17, 15) is 0 Å². The standard InChI is InChI=1S/C14H22ClN3O2/c1-2-7-20-8-3-6-17-10-12-5-4-11(9-13(12)15)14(16)18-19/h4-5,9,17,19H,2-3,6-8,10H2,1H3,(H2,16,18). The maximum absolute atomic E-state index is 8.61. The molecular formula is C14H22ClN3O2. The van der Waals surface area contributed by atoms with Gasteiger partial charge in [-0.05, 0) is 31.0 Å². The van der Waals surface area contributed by atoms with E-state index in [4.69, 9.17) is 27.3 Å². The smallest absolute Gasteiger partial charge is 0.170 e. The summed E-state index contributed by atoms with van der Waals surface area (Å²) in [4.78, 5) is 0. The Morgan fingerprint density at radius 3 is 2.90 bits per heavy atom. The van der Waals surface area contributed by atoms with Crippen molar-refractivity contribution in [3.05, 3.63) is 34.3 Å². The Labute approximate surface area is 124 Å². The van der Waals surface area contributed by atoms with E-state index >= 15 is 0 Å². The number of ether oxygens (including phenoxy) is 1. The highest BCUT2D eigenvalue weighted by Gasteiger charge is 2.04. The average Bonchev–Trinajstić information content (AvgIpc) is 2.46. The van der Waals surface area contributed by atoms with Crippen molar-refractivity contribution in [2.24, 2.45) is 10.9 Å². The molecule has 0 spiro atoms. The van der Waals surface area contributed by atoms with Gasteiger partial charge in [0.25, 0.3) is 0 Å². The van der Waals surface area contributed by atoms with Gasteiger partial charge < -0.3 is 21.0 Å². The second kappa shape index (κ2) is 9.58. The van der Waals surface area contributed by atoms with Crippen molar-refractivity contribution >= 4 is 17.4 Å². The summed E-state index contributed by atoms with van der Waals surface area (Å²) in [6.07, 6.45) is 2.02. The predicted octanol–water partition coefficient (Wildman–Crippen LogP) is 2.34. The zero-order valence-electron chi connectivity index (χ0n) is 11.7. The first kappa shape index (κ1) is 16.8. The van der Waals surface area contributed by atoms with Gasteiger partial charge in [0.05, 0.1) is 0 Å². The molecule has 0 unspecified atom stereocenters. The van der Waals surface area contributed by atoms with Gasteiger partial charge in [-0.25, -0.2) is 0 Å². The number of rotatable bonds is 9. The molecule has 0 aromatic heterocycles. The van der Waals surface area contributed by atoms with Crippen LogP contribution in [-0.4, -0.2) is 30.8 Å². The molecule has 0 radical (unpaired) electrons. The molecule has 0 aliphatic carbocycles. The number of hydrogen-bond acceptors (Lipinski definition) is 4. The van der Waals surface area contributed by atoms with Crippen LogP contribution in [0.25, 0.3) is 0 Å². The van der Waals surface area contributed by atoms with Gasteiger partial charge in [0.1, 0.15) is 0 Å². The van der Waals surface area contributed by atoms with Crippen molar-refractivity contribution in [2.45, 2.75) is 26.3 Å². The molecule has 0 aliphatic heterocycles. The minimum absolute atomic E-state index is 0.0551. The lowest BCUT2D eigenvalue weighted by Crippen LogP contribution is -2.17. The molecule has 0 amide bonds. The van der Waals surface area contributed by atoms with Crippen molar-refractivity contribution < 1.29 is 9.94 Å². The van der Waals surface area contributed by atoms with E-state index in [1.165, 1.54) is 0 Å². The largest absolute Gasteiger partial charge is 0.409 e. The van der Waals surface area contributed by atoms with E-state index in [1.807, 2.05) is 6.07 Å². The maximum Gasteiger partial charge on any atom is 0.170 e. The Kier molecular flexibility index (Phi) is 8.02. The third kappa shape index (κ3) is 5.77. The molecule has 0 aliphatic rings. The van der Waals surface area contributed by atoms with Crippen LogP contribution in [0.3, 0.4) is 0 Å². The van der Waals surface area contributed by atoms with E-state index in [0.717, 1.165) is 38.2 Å². The highest BCUT2D eigenvalue weighted by Crippen LogP contribution is 2.17. The first-order valence-corrected chi connectivity index (χ1v) is 7.11. The van der Waals surface area contributed by atoms with E-state index in [0.29, 0.717) is 17.1 Å². The zero-order valence-corrected chi connectivity index (χ0v) is 12.5. The number of amidine groups is 1. The predicted molar refractivity (Wildman–Crippen MR) is 81.4 cm³/mol. The summed E-state index contributed by atoms with van der Waals surface area (Å²) in [6, 6.07) is 5.34. The van der Waals surface area contributed by atoms with Gasteiger partial charge in [-0.15, -0.1) is 0 Å². The molecule has 1 rings (SSSR count). The Morgan fingerprint density at radius 2 is 2.25 bits per heavy atom.